The Morgan fingerprint density at radius 2 is 1.77 bits per heavy atom. The van der Waals surface area contributed by atoms with E-state index in [0.717, 1.165) is 24.6 Å². The first-order chi connectivity index (χ1) is 13.8. The summed E-state index contributed by atoms with van der Waals surface area (Å²) < 4.78 is 7.61. The standard InChI is InChI=1S/C23H37N5O.HI/c1-8-24-23(26-17(4)13-22-18(5)27-28(7)19(22)6)25-14-20-9-11-21(12-10-20)15-29-16(2)3;/h9-12,16-17H,8,13-15H2,1-7H3,(H2,24,25,26);1H. The van der Waals surface area contributed by atoms with Gasteiger partial charge in [-0.3, -0.25) is 4.68 Å². The van der Waals surface area contributed by atoms with Gasteiger partial charge in [0.05, 0.1) is 24.9 Å². The van der Waals surface area contributed by atoms with Crippen molar-refractivity contribution in [3.8, 4) is 0 Å². The molecule has 1 heterocycles. The summed E-state index contributed by atoms with van der Waals surface area (Å²) in [4.78, 5) is 4.76. The number of hydrogen-bond acceptors (Lipinski definition) is 3. The van der Waals surface area contributed by atoms with Gasteiger partial charge in [-0.15, -0.1) is 24.0 Å². The summed E-state index contributed by atoms with van der Waals surface area (Å²) in [5.74, 6) is 0.839. The maximum Gasteiger partial charge on any atom is 0.191 e. The van der Waals surface area contributed by atoms with E-state index in [1.165, 1.54) is 22.4 Å². The minimum Gasteiger partial charge on any atom is -0.374 e. The quantitative estimate of drug-likeness (QED) is 0.291. The molecule has 168 valence electrons. The van der Waals surface area contributed by atoms with Crippen LogP contribution in [0.15, 0.2) is 29.3 Å². The number of aliphatic imine (C=N–C) groups is 1. The molecule has 1 unspecified atom stereocenters. The molecule has 0 fully saturated rings. The van der Waals surface area contributed by atoms with Crippen molar-refractivity contribution in [2.45, 2.75) is 73.3 Å². The van der Waals surface area contributed by atoms with Gasteiger partial charge in [-0.2, -0.15) is 5.10 Å². The maximum atomic E-state index is 5.66. The largest absolute Gasteiger partial charge is 0.374 e. The van der Waals surface area contributed by atoms with Crippen molar-refractivity contribution in [1.29, 1.82) is 0 Å². The highest BCUT2D eigenvalue weighted by molar-refractivity contribution is 14.0. The van der Waals surface area contributed by atoms with E-state index in [1.54, 1.807) is 0 Å². The van der Waals surface area contributed by atoms with Crippen molar-refractivity contribution in [3.05, 3.63) is 52.3 Å². The van der Waals surface area contributed by atoms with Crippen LogP contribution in [-0.2, 0) is 31.4 Å². The SMILES string of the molecule is CCNC(=NCc1ccc(COC(C)C)cc1)NC(C)Cc1c(C)nn(C)c1C.I. The molecule has 2 N–H and O–H groups in total. The highest BCUT2D eigenvalue weighted by Crippen LogP contribution is 2.14. The Labute approximate surface area is 198 Å². The van der Waals surface area contributed by atoms with E-state index in [0.29, 0.717) is 13.2 Å². The predicted octanol–water partition coefficient (Wildman–Crippen LogP) is 4.27. The predicted molar refractivity (Wildman–Crippen MR) is 136 cm³/mol. The van der Waals surface area contributed by atoms with E-state index < -0.39 is 0 Å². The van der Waals surface area contributed by atoms with Gasteiger partial charge in [0.1, 0.15) is 0 Å². The van der Waals surface area contributed by atoms with Gasteiger partial charge in [-0.25, -0.2) is 4.99 Å². The molecule has 0 aliphatic heterocycles. The van der Waals surface area contributed by atoms with Gasteiger partial charge in [0.15, 0.2) is 5.96 Å². The van der Waals surface area contributed by atoms with E-state index >= 15 is 0 Å². The van der Waals surface area contributed by atoms with Crippen LogP contribution in [0.5, 0.6) is 0 Å². The maximum absolute atomic E-state index is 5.66. The van der Waals surface area contributed by atoms with Crippen LogP contribution >= 0.6 is 24.0 Å². The van der Waals surface area contributed by atoms with Crippen molar-refractivity contribution in [2.24, 2.45) is 12.0 Å². The van der Waals surface area contributed by atoms with E-state index in [2.05, 4.69) is 81.5 Å². The van der Waals surface area contributed by atoms with Crippen molar-refractivity contribution in [1.82, 2.24) is 20.4 Å². The lowest BCUT2D eigenvalue weighted by Gasteiger charge is -2.18. The number of ether oxygens (including phenoxy) is 1. The topological polar surface area (TPSA) is 63.5 Å². The smallest absolute Gasteiger partial charge is 0.191 e. The summed E-state index contributed by atoms with van der Waals surface area (Å²) in [7, 11) is 2.00. The Balaban J connectivity index is 0.00000450. The Bertz CT molecular complexity index is 799. The molecule has 7 heteroatoms. The van der Waals surface area contributed by atoms with Crippen LogP contribution in [-0.4, -0.2) is 34.4 Å². The lowest BCUT2D eigenvalue weighted by Crippen LogP contribution is -2.43. The molecule has 2 aromatic rings. The average Bonchev–Trinajstić information content (AvgIpc) is 2.91. The molecular formula is C23H38IN5O. The zero-order chi connectivity index (χ0) is 21.4. The summed E-state index contributed by atoms with van der Waals surface area (Å²) in [6, 6.07) is 8.73. The van der Waals surface area contributed by atoms with Gasteiger partial charge in [-0.1, -0.05) is 24.3 Å². The summed E-state index contributed by atoms with van der Waals surface area (Å²) in [6.45, 7) is 14.7. The third kappa shape index (κ3) is 8.26. The molecule has 0 bridgehead atoms. The van der Waals surface area contributed by atoms with E-state index in [-0.39, 0.29) is 36.1 Å². The Hall–Kier alpha value is -1.61. The van der Waals surface area contributed by atoms with Crippen molar-refractivity contribution < 1.29 is 4.74 Å². The first-order valence-corrected chi connectivity index (χ1v) is 10.5. The number of guanidine groups is 1. The van der Waals surface area contributed by atoms with Crippen LogP contribution in [0.1, 0.15) is 55.8 Å². The zero-order valence-corrected chi connectivity index (χ0v) is 21.8. The number of rotatable bonds is 9. The molecular weight excluding hydrogens is 489 g/mol. The number of aryl methyl sites for hydroxylation is 2. The first kappa shape index (κ1) is 26.4. The number of halogens is 1. The summed E-state index contributed by atoms with van der Waals surface area (Å²) in [6.07, 6.45) is 1.16. The number of nitrogens with zero attached hydrogens (tertiary/aromatic N) is 3. The fourth-order valence-corrected chi connectivity index (χ4v) is 3.20. The summed E-state index contributed by atoms with van der Waals surface area (Å²) in [5.41, 5.74) is 6.00. The minimum absolute atomic E-state index is 0. The molecule has 0 spiro atoms. The second-order valence-corrected chi connectivity index (χ2v) is 7.89. The van der Waals surface area contributed by atoms with Gasteiger partial charge in [0.2, 0.25) is 0 Å². The second kappa shape index (κ2) is 12.9. The van der Waals surface area contributed by atoms with Crippen LogP contribution in [0.4, 0.5) is 0 Å². The fourth-order valence-electron chi connectivity index (χ4n) is 3.20. The van der Waals surface area contributed by atoms with Crippen LogP contribution in [0, 0.1) is 13.8 Å². The third-order valence-corrected chi connectivity index (χ3v) is 4.92. The molecule has 0 saturated heterocycles. The van der Waals surface area contributed by atoms with Crippen LogP contribution in [0.2, 0.25) is 0 Å². The van der Waals surface area contributed by atoms with E-state index in [1.807, 2.05) is 11.7 Å². The van der Waals surface area contributed by atoms with Gasteiger partial charge < -0.3 is 15.4 Å². The van der Waals surface area contributed by atoms with Crippen molar-refractivity contribution in [3.63, 3.8) is 0 Å². The summed E-state index contributed by atoms with van der Waals surface area (Å²) >= 11 is 0. The zero-order valence-electron chi connectivity index (χ0n) is 19.5. The monoisotopic (exact) mass is 527 g/mol. The Morgan fingerprint density at radius 3 is 2.30 bits per heavy atom. The molecule has 30 heavy (non-hydrogen) atoms. The third-order valence-electron chi connectivity index (χ3n) is 4.92. The normalized spacial score (nSPS) is 12.6. The first-order valence-electron chi connectivity index (χ1n) is 10.5. The molecule has 0 saturated carbocycles. The molecule has 2 rings (SSSR count). The van der Waals surface area contributed by atoms with E-state index in [4.69, 9.17) is 9.73 Å². The number of hydrogen-bond donors (Lipinski definition) is 2. The molecule has 0 aliphatic carbocycles. The molecule has 6 nitrogen and oxygen atoms in total. The van der Waals surface area contributed by atoms with Crippen LogP contribution in [0.25, 0.3) is 0 Å². The van der Waals surface area contributed by atoms with Gasteiger partial charge in [0, 0.05) is 25.3 Å². The molecule has 0 amide bonds. The van der Waals surface area contributed by atoms with Crippen LogP contribution in [0.3, 0.4) is 0 Å². The van der Waals surface area contributed by atoms with Crippen molar-refractivity contribution in [2.75, 3.05) is 6.54 Å². The molecule has 1 aromatic heterocycles. The Kier molecular flexibility index (Phi) is 11.4. The lowest BCUT2D eigenvalue weighted by molar-refractivity contribution is 0.0657. The minimum atomic E-state index is 0. The number of nitrogens with one attached hydrogen (secondary N) is 2. The molecule has 1 atom stereocenters. The van der Waals surface area contributed by atoms with Gasteiger partial charge in [0.25, 0.3) is 0 Å². The fraction of sp³-hybridized carbons (Fsp3) is 0.565. The van der Waals surface area contributed by atoms with E-state index in [9.17, 15) is 0 Å². The average molecular weight is 527 g/mol. The molecule has 0 aliphatic rings. The number of benzene rings is 1. The molecule has 1 aromatic carbocycles. The lowest BCUT2D eigenvalue weighted by atomic mass is 10.1. The highest BCUT2D eigenvalue weighted by Gasteiger charge is 2.14. The highest BCUT2D eigenvalue weighted by atomic mass is 127. The second-order valence-electron chi connectivity index (χ2n) is 7.89. The molecule has 0 radical (unpaired) electrons. The van der Waals surface area contributed by atoms with Gasteiger partial charge >= 0.3 is 0 Å². The van der Waals surface area contributed by atoms with Crippen molar-refractivity contribution >= 4 is 29.9 Å². The summed E-state index contributed by atoms with van der Waals surface area (Å²) in [5, 5.41) is 11.4. The number of aromatic nitrogens is 2. The Morgan fingerprint density at radius 1 is 1.13 bits per heavy atom. The van der Waals surface area contributed by atoms with Crippen LogP contribution < -0.4 is 10.6 Å². The van der Waals surface area contributed by atoms with Gasteiger partial charge in [-0.05, 0) is 64.7 Å².